The van der Waals surface area contributed by atoms with E-state index in [0.717, 1.165) is 42.9 Å². The lowest BCUT2D eigenvalue weighted by Gasteiger charge is -2.26. The highest BCUT2D eigenvalue weighted by Gasteiger charge is 2.22. The van der Waals surface area contributed by atoms with E-state index in [1.807, 2.05) is 0 Å². The normalized spacial score (nSPS) is 14.4. The molecule has 37 heavy (non-hydrogen) atoms. The second-order valence-corrected chi connectivity index (χ2v) is 12.1. The molecule has 0 saturated carbocycles. The maximum Gasteiger partial charge on any atom is 0.302 e. The van der Waals surface area contributed by atoms with Gasteiger partial charge < -0.3 is 14.6 Å². The number of likely N-dealkylation sites (tertiary alicyclic amines) is 1. The number of benzene rings is 1. The van der Waals surface area contributed by atoms with Crippen molar-refractivity contribution in [2.75, 3.05) is 19.3 Å². The Hall–Kier alpha value is -3.58. The zero-order chi connectivity index (χ0) is 26.3. The molecule has 0 radical (unpaired) electrons. The van der Waals surface area contributed by atoms with Crippen LogP contribution in [0.2, 0.25) is 0 Å². The summed E-state index contributed by atoms with van der Waals surface area (Å²) >= 11 is 1.13. The Labute approximate surface area is 215 Å². The van der Waals surface area contributed by atoms with Gasteiger partial charge in [0.15, 0.2) is 15.5 Å². The summed E-state index contributed by atoms with van der Waals surface area (Å²) in [6.07, 6.45) is 8.71. The number of nitrogens with zero attached hydrogens (tertiary/aromatic N) is 5. The third-order valence-corrected chi connectivity index (χ3v) is 8.47. The number of aromatic hydroxyl groups is 1. The van der Waals surface area contributed by atoms with Gasteiger partial charge in [-0.3, -0.25) is 9.59 Å². The fourth-order valence-corrected chi connectivity index (χ4v) is 6.30. The van der Waals surface area contributed by atoms with Crippen molar-refractivity contribution in [2.45, 2.75) is 37.1 Å². The van der Waals surface area contributed by atoms with E-state index in [9.17, 15) is 27.5 Å². The number of hydrogen-bond acceptors (Lipinski definition) is 8. The van der Waals surface area contributed by atoms with Crippen molar-refractivity contribution >= 4 is 32.9 Å². The molecule has 1 fully saturated rings. The van der Waals surface area contributed by atoms with Gasteiger partial charge in [0.25, 0.3) is 0 Å². The molecular weight excluding hydrogens is 521 g/mol. The fourth-order valence-electron chi connectivity index (χ4n) is 4.43. The molecule has 1 N–H and O–H groups in total. The Bertz CT molecular complexity index is 1670. The first-order valence-electron chi connectivity index (χ1n) is 11.6. The standard InChI is InChI=1S/C24H24FN5O5S2/c1-37(34,35)18-12-16(25)6-5-15(18)11-17-13-26-22(36-17)20-21(32)23(33)30-10-9-29(24(30)27-20)14-19(31)28-7-3-2-4-8-28/h5-6,9-10,12-13,32H,2-4,7-8,11,14H2,1H3. The quantitative estimate of drug-likeness (QED) is 0.394. The lowest BCUT2D eigenvalue weighted by molar-refractivity contribution is -0.132. The number of carbonyl (C=O) groups excluding carboxylic acids is 1. The topological polar surface area (TPSA) is 127 Å². The minimum Gasteiger partial charge on any atom is -0.501 e. The predicted molar refractivity (Wildman–Crippen MR) is 135 cm³/mol. The average molecular weight is 546 g/mol. The Morgan fingerprint density at radius 3 is 2.68 bits per heavy atom. The van der Waals surface area contributed by atoms with E-state index >= 15 is 0 Å². The molecule has 1 aliphatic heterocycles. The molecular formula is C24H24FN5O5S2. The van der Waals surface area contributed by atoms with Crippen molar-refractivity contribution in [1.29, 1.82) is 0 Å². The van der Waals surface area contributed by atoms with Crippen LogP contribution < -0.4 is 5.56 Å². The number of carbonyl (C=O) groups is 1. The number of thiazole rings is 1. The van der Waals surface area contributed by atoms with Crippen molar-refractivity contribution in [3.8, 4) is 16.5 Å². The van der Waals surface area contributed by atoms with Gasteiger partial charge in [-0.2, -0.15) is 0 Å². The summed E-state index contributed by atoms with van der Waals surface area (Å²) in [6, 6.07) is 3.58. The number of rotatable bonds is 6. The van der Waals surface area contributed by atoms with Crippen LogP contribution in [0, 0.1) is 5.82 Å². The average Bonchev–Trinajstić information content (AvgIpc) is 3.49. The first kappa shape index (κ1) is 25.1. The molecule has 5 rings (SSSR count). The van der Waals surface area contributed by atoms with Crippen molar-refractivity contribution in [2.24, 2.45) is 0 Å². The SMILES string of the molecule is CS(=O)(=O)c1cc(F)ccc1Cc1cnc(-c2nc3n(CC(=O)N4CCCCC4)ccn3c(=O)c2O)s1. The molecule has 13 heteroatoms. The van der Waals surface area contributed by atoms with Crippen LogP contribution in [-0.2, 0) is 27.6 Å². The first-order chi connectivity index (χ1) is 17.6. The molecule has 1 saturated heterocycles. The Morgan fingerprint density at radius 1 is 1.19 bits per heavy atom. The monoisotopic (exact) mass is 545 g/mol. The van der Waals surface area contributed by atoms with E-state index in [0.29, 0.717) is 23.5 Å². The van der Waals surface area contributed by atoms with E-state index in [1.165, 1.54) is 28.9 Å². The van der Waals surface area contributed by atoms with Gasteiger partial charge >= 0.3 is 5.56 Å². The van der Waals surface area contributed by atoms with Gasteiger partial charge in [0.2, 0.25) is 17.4 Å². The van der Waals surface area contributed by atoms with Gasteiger partial charge in [-0.25, -0.2) is 27.2 Å². The van der Waals surface area contributed by atoms with Crippen molar-refractivity contribution in [1.82, 2.24) is 23.8 Å². The van der Waals surface area contributed by atoms with Crippen LogP contribution in [0.5, 0.6) is 5.75 Å². The molecule has 194 valence electrons. The van der Waals surface area contributed by atoms with Gasteiger partial charge in [0.05, 0.1) is 4.90 Å². The second-order valence-electron chi connectivity index (χ2n) is 8.98. The molecule has 0 aliphatic carbocycles. The highest BCUT2D eigenvalue weighted by Crippen LogP contribution is 2.31. The number of hydrogen-bond donors (Lipinski definition) is 1. The molecule has 4 heterocycles. The minimum atomic E-state index is -3.66. The van der Waals surface area contributed by atoms with E-state index in [4.69, 9.17) is 0 Å². The lowest BCUT2D eigenvalue weighted by Crippen LogP contribution is -2.37. The van der Waals surface area contributed by atoms with Gasteiger partial charge in [-0.05, 0) is 37.0 Å². The molecule has 0 unspecified atom stereocenters. The second kappa shape index (κ2) is 9.71. The summed E-state index contributed by atoms with van der Waals surface area (Å²) in [7, 11) is -3.66. The van der Waals surface area contributed by atoms with Gasteiger partial charge in [-0.15, -0.1) is 11.3 Å². The summed E-state index contributed by atoms with van der Waals surface area (Å²) in [6.45, 7) is 1.41. The number of imidazole rings is 1. The van der Waals surface area contributed by atoms with Crippen LogP contribution >= 0.6 is 11.3 Å². The Morgan fingerprint density at radius 2 is 1.95 bits per heavy atom. The number of halogens is 1. The van der Waals surface area contributed by atoms with E-state index in [1.54, 1.807) is 15.7 Å². The van der Waals surface area contributed by atoms with Crippen LogP contribution in [0.1, 0.15) is 29.7 Å². The van der Waals surface area contributed by atoms with Crippen LogP contribution in [-0.4, -0.2) is 62.6 Å². The van der Waals surface area contributed by atoms with Crippen LogP contribution in [0.15, 0.2) is 46.5 Å². The summed E-state index contributed by atoms with van der Waals surface area (Å²) in [5.41, 5.74) is -0.329. The third kappa shape index (κ3) is 5.01. The molecule has 0 atom stereocenters. The third-order valence-electron chi connectivity index (χ3n) is 6.29. The zero-order valence-corrected chi connectivity index (χ0v) is 21.6. The van der Waals surface area contributed by atoms with E-state index in [2.05, 4.69) is 9.97 Å². The Kier molecular flexibility index (Phi) is 6.58. The van der Waals surface area contributed by atoms with Crippen molar-refractivity contribution in [3.63, 3.8) is 0 Å². The lowest BCUT2D eigenvalue weighted by atomic mass is 10.1. The smallest absolute Gasteiger partial charge is 0.302 e. The summed E-state index contributed by atoms with van der Waals surface area (Å²) in [5.74, 6) is -1.12. The van der Waals surface area contributed by atoms with Crippen molar-refractivity contribution in [3.05, 3.63) is 63.4 Å². The van der Waals surface area contributed by atoms with Gasteiger partial charge in [0, 0.05) is 49.2 Å². The first-order valence-corrected chi connectivity index (χ1v) is 14.3. The fraction of sp³-hybridized carbons (Fsp3) is 0.333. The largest absolute Gasteiger partial charge is 0.501 e. The van der Waals surface area contributed by atoms with E-state index in [-0.39, 0.29) is 40.2 Å². The van der Waals surface area contributed by atoms with Gasteiger partial charge in [-0.1, -0.05) is 6.07 Å². The van der Waals surface area contributed by atoms with Crippen molar-refractivity contribution < 1.29 is 22.7 Å². The van der Waals surface area contributed by atoms with Crippen LogP contribution in [0.25, 0.3) is 16.5 Å². The number of fused-ring (bicyclic) bond motifs is 1. The summed E-state index contributed by atoms with van der Waals surface area (Å²) in [4.78, 5) is 36.7. The molecule has 4 aromatic rings. The molecule has 0 spiro atoms. The molecule has 0 bridgehead atoms. The molecule has 10 nitrogen and oxygen atoms in total. The maximum absolute atomic E-state index is 13.7. The number of amides is 1. The molecule has 3 aromatic heterocycles. The summed E-state index contributed by atoms with van der Waals surface area (Å²) in [5, 5.41) is 10.8. The highest BCUT2D eigenvalue weighted by atomic mass is 32.2. The van der Waals surface area contributed by atoms with Gasteiger partial charge in [0.1, 0.15) is 17.4 Å². The zero-order valence-electron chi connectivity index (χ0n) is 19.9. The van der Waals surface area contributed by atoms with Crippen LogP contribution in [0.4, 0.5) is 4.39 Å². The molecule has 1 amide bonds. The van der Waals surface area contributed by atoms with E-state index < -0.39 is 27.0 Å². The molecule has 1 aliphatic rings. The predicted octanol–water partition coefficient (Wildman–Crippen LogP) is 2.47. The Balaban J connectivity index is 1.47. The number of piperidine rings is 1. The summed E-state index contributed by atoms with van der Waals surface area (Å²) < 4.78 is 40.7. The highest BCUT2D eigenvalue weighted by molar-refractivity contribution is 7.90. The number of aromatic nitrogens is 4. The van der Waals surface area contributed by atoms with Crippen LogP contribution in [0.3, 0.4) is 0 Å². The maximum atomic E-state index is 13.7. The minimum absolute atomic E-state index is 0.00904. The molecule has 1 aromatic carbocycles. The number of sulfone groups is 1.